The zero-order valence-electron chi connectivity index (χ0n) is 37.1. The lowest BCUT2D eigenvalue weighted by atomic mass is 9.67. The molecule has 0 atom stereocenters. The lowest BCUT2D eigenvalue weighted by Crippen LogP contribution is -2.30. The number of rotatable bonds is 8. The standard InChI is InChI=1S/C64H48N2/c1-63(2)58-32-17-18-33-61(58)66(51-27-13-6-14-28-51)62-43-48(36-41-59(62)63)47-22-19-29-53(42-47)65(52-37-34-46(35-38-52)45-20-7-3-8-21-45)54-39-40-56-55-30-15-16-31-57(55)64(60(56)44-54,49-23-9-4-10-24-49)50-25-11-5-12-26-50/h3-44H,1-2H3. The van der Waals surface area contributed by atoms with Crippen LogP contribution in [0.3, 0.4) is 0 Å². The Bertz CT molecular complexity index is 3340. The third kappa shape index (κ3) is 6.25. The van der Waals surface area contributed by atoms with E-state index in [0.717, 1.165) is 28.3 Å². The average molecular weight is 845 g/mol. The lowest BCUT2D eigenvalue weighted by Gasteiger charge is -2.42. The lowest BCUT2D eigenvalue weighted by molar-refractivity contribution is 0.632. The maximum absolute atomic E-state index is 2.46. The van der Waals surface area contributed by atoms with Crippen molar-refractivity contribution in [2.75, 3.05) is 9.80 Å². The summed E-state index contributed by atoms with van der Waals surface area (Å²) in [6.45, 7) is 4.71. The van der Waals surface area contributed by atoms with Crippen molar-refractivity contribution in [2.45, 2.75) is 24.7 Å². The van der Waals surface area contributed by atoms with Gasteiger partial charge in [-0.1, -0.05) is 208 Å². The molecule has 1 heterocycles. The first-order valence-electron chi connectivity index (χ1n) is 23.0. The molecule has 0 saturated heterocycles. The number of nitrogens with zero attached hydrogens (tertiary/aromatic N) is 2. The minimum atomic E-state index is -0.519. The number of hydrogen-bond donors (Lipinski definition) is 0. The Kier molecular flexibility index (Phi) is 9.43. The molecule has 0 fully saturated rings. The Hall–Kier alpha value is -8.20. The Balaban J connectivity index is 1.05. The summed E-state index contributed by atoms with van der Waals surface area (Å²) in [5.74, 6) is 0. The van der Waals surface area contributed by atoms with Crippen molar-refractivity contribution in [3.8, 4) is 33.4 Å². The smallest absolute Gasteiger partial charge is 0.0714 e. The highest BCUT2D eigenvalue weighted by atomic mass is 15.2. The van der Waals surface area contributed by atoms with Crippen LogP contribution in [0.25, 0.3) is 33.4 Å². The second-order valence-electron chi connectivity index (χ2n) is 18.1. The second-order valence-corrected chi connectivity index (χ2v) is 18.1. The second kappa shape index (κ2) is 15.8. The van der Waals surface area contributed by atoms with Gasteiger partial charge in [-0.05, 0) is 127 Å². The molecule has 1 aliphatic heterocycles. The summed E-state index contributed by atoms with van der Waals surface area (Å²) >= 11 is 0. The highest BCUT2D eigenvalue weighted by molar-refractivity contribution is 5.92. The summed E-state index contributed by atoms with van der Waals surface area (Å²) < 4.78 is 0. The molecule has 0 radical (unpaired) electrons. The van der Waals surface area contributed by atoms with E-state index in [-0.39, 0.29) is 5.41 Å². The van der Waals surface area contributed by atoms with Crippen LogP contribution in [0.4, 0.5) is 34.1 Å². The Morgan fingerprint density at radius 3 is 1.53 bits per heavy atom. The molecule has 2 aliphatic rings. The number of para-hydroxylation sites is 2. The van der Waals surface area contributed by atoms with E-state index in [2.05, 4.69) is 278 Å². The molecule has 314 valence electrons. The zero-order valence-corrected chi connectivity index (χ0v) is 37.1. The van der Waals surface area contributed by atoms with Gasteiger partial charge in [-0.15, -0.1) is 0 Å². The molecule has 0 saturated carbocycles. The van der Waals surface area contributed by atoms with Crippen molar-refractivity contribution >= 4 is 34.1 Å². The van der Waals surface area contributed by atoms with Crippen LogP contribution >= 0.6 is 0 Å². The van der Waals surface area contributed by atoms with E-state index in [1.807, 2.05) is 0 Å². The molecule has 2 nitrogen and oxygen atoms in total. The van der Waals surface area contributed by atoms with Gasteiger partial charge in [0.05, 0.1) is 16.8 Å². The Morgan fingerprint density at radius 2 is 0.818 bits per heavy atom. The predicted octanol–water partition coefficient (Wildman–Crippen LogP) is 17.0. The fraction of sp³-hybridized carbons (Fsp3) is 0.0625. The molecule has 1 aliphatic carbocycles. The molecule has 0 aromatic heterocycles. The van der Waals surface area contributed by atoms with Gasteiger partial charge in [0.15, 0.2) is 0 Å². The highest BCUT2D eigenvalue weighted by Crippen LogP contribution is 2.58. The van der Waals surface area contributed by atoms with Gasteiger partial charge in [0.1, 0.15) is 0 Å². The minimum absolute atomic E-state index is 0.178. The van der Waals surface area contributed by atoms with Crippen LogP contribution in [0.2, 0.25) is 0 Å². The molecule has 66 heavy (non-hydrogen) atoms. The van der Waals surface area contributed by atoms with Crippen LogP contribution in [0.15, 0.2) is 255 Å². The van der Waals surface area contributed by atoms with Crippen LogP contribution in [0.1, 0.15) is 47.2 Å². The van der Waals surface area contributed by atoms with Gasteiger partial charge in [-0.25, -0.2) is 0 Å². The quantitative estimate of drug-likeness (QED) is 0.150. The third-order valence-electron chi connectivity index (χ3n) is 14.1. The number of fused-ring (bicyclic) bond motifs is 5. The van der Waals surface area contributed by atoms with Crippen LogP contribution < -0.4 is 9.80 Å². The van der Waals surface area contributed by atoms with E-state index in [1.165, 1.54) is 72.6 Å². The first-order chi connectivity index (χ1) is 32.5. The first kappa shape index (κ1) is 39.4. The summed E-state index contributed by atoms with van der Waals surface area (Å²) in [4.78, 5) is 4.88. The molecule has 10 aromatic rings. The summed E-state index contributed by atoms with van der Waals surface area (Å²) in [5.41, 5.74) is 21.1. The van der Waals surface area contributed by atoms with Gasteiger partial charge in [-0.3, -0.25) is 0 Å². The van der Waals surface area contributed by atoms with Crippen LogP contribution in [-0.2, 0) is 10.8 Å². The van der Waals surface area contributed by atoms with Crippen molar-refractivity contribution in [3.63, 3.8) is 0 Å². The summed E-state index contributed by atoms with van der Waals surface area (Å²) in [7, 11) is 0. The fourth-order valence-corrected chi connectivity index (χ4v) is 11.0. The third-order valence-corrected chi connectivity index (χ3v) is 14.1. The van der Waals surface area contributed by atoms with Gasteiger partial charge < -0.3 is 9.80 Å². The van der Waals surface area contributed by atoms with Gasteiger partial charge in [0.25, 0.3) is 0 Å². The van der Waals surface area contributed by atoms with Gasteiger partial charge in [0, 0.05) is 28.2 Å². The summed E-state index contributed by atoms with van der Waals surface area (Å²) in [5, 5.41) is 0. The van der Waals surface area contributed by atoms with Crippen LogP contribution in [0.5, 0.6) is 0 Å². The molecular formula is C64H48N2. The number of anilines is 6. The van der Waals surface area contributed by atoms with E-state index < -0.39 is 5.41 Å². The molecule has 0 amide bonds. The van der Waals surface area contributed by atoms with Crippen LogP contribution in [-0.4, -0.2) is 0 Å². The van der Waals surface area contributed by atoms with Crippen LogP contribution in [0, 0.1) is 0 Å². The van der Waals surface area contributed by atoms with E-state index in [4.69, 9.17) is 0 Å². The topological polar surface area (TPSA) is 6.48 Å². The molecule has 0 N–H and O–H groups in total. The molecule has 0 bridgehead atoms. The number of hydrogen-bond acceptors (Lipinski definition) is 2. The average Bonchev–Trinajstić information content (AvgIpc) is 3.68. The van der Waals surface area contributed by atoms with Crippen molar-refractivity contribution in [1.82, 2.24) is 0 Å². The SMILES string of the molecule is CC1(C)c2ccccc2N(c2ccccc2)c2cc(-c3cccc(N(c4ccc(-c5ccccc5)cc4)c4ccc5c(c4)C(c4ccccc4)(c4ccccc4)c4ccccc4-5)c3)ccc21. The summed E-state index contributed by atoms with van der Waals surface area (Å²) in [6, 6.07) is 93.8. The fourth-order valence-electron chi connectivity index (χ4n) is 11.0. The van der Waals surface area contributed by atoms with E-state index in [9.17, 15) is 0 Å². The van der Waals surface area contributed by atoms with E-state index >= 15 is 0 Å². The Morgan fingerprint density at radius 1 is 0.318 bits per heavy atom. The van der Waals surface area contributed by atoms with E-state index in [0.29, 0.717) is 0 Å². The minimum Gasteiger partial charge on any atom is -0.310 e. The first-order valence-corrected chi connectivity index (χ1v) is 23.0. The largest absolute Gasteiger partial charge is 0.310 e. The van der Waals surface area contributed by atoms with Crippen molar-refractivity contribution in [2.24, 2.45) is 0 Å². The van der Waals surface area contributed by atoms with Crippen molar-refractivity contribution in [3.05, 3.63) is 288 Å². The summed E-state index contributed by atoms with van der Waals surface area (Å²) in [6.07, 6.45) is 0. The molecular weight excluding hydrogens is 797 g/mol. The maximum atomic E-state index is 2.46. The maximum Gasteiger partial charge on any atom is 0.0714 e. The molecule has 0 spiro atoms. The normalized spacial score (nSPS) is 13.8. The zero-order chi connectivity index (χ0) is 44.2. The van der Waals surface area contributed by atoms with Gasteiger partial charge in [-0.2, -0.15) is 0 Å². The molecule has 12 rings (SSSR count). The van der Waals surface area contributed by atoms with Crippen molar-refractivity contribution < 1.29 is 0 Å². The van der Waals surface area contributed by atoms with Gasteiger partial charge >= 0.3 is 0 Å². The predicted molar refractivity (Wildman–Crippen MR) is 276 cm³/mol. The molecule has 10 aromatic carbocycles. The Labute approximate surface area is 388 Å². The monoisotopic (exact) mass is 844 g/mol. The van der Waals surface area contributed by atoms with Gasteiger partial charge in [0.2, 0.25) is 0 Å². The van der Waals surface area contributed by atoms with Crippen molar-refractivity contribution in [1.29, 1.82) is 0 Å². The highest BCUT2D eigenvalue weighted by Gasteiger charge is 2.46. The molecule has 2 heteroatoms. The van der Waals surface area contributed by atoms with E-state index in [1.54, 1.807) is 0 Å². The number of benzene rings is 10. The molecule has 0 unspecified atom stereocenters.